The molecular formula is C10H17NO2. The van der Waals surface area contributed by atoms with E-state index in [1.54, 1.807) is 6.92 Å². The maximum absolute atomic E-state index is 11.0. The highest BCUT2D eigenvalue weighted by molar-refractivity contribution is 5.86. The molecule has 1 fully saturated rings. The summed E-state index contributed by atoms with van der Waals surface area (Å²) in [5.74, 6) is 0.406. The Labute approximate surface area is 79.2 Å². The molecule has 0 radical (unpaired) electrons. The van der Waals surface area contributed by atoms with Crippen LogP contribution in [-0.4, -0.2) is 25.7 Å². The number of carbonyl (C=O) groups is 1. The fourth-order valence-electron chi connectivity index (χ4n) is 1.40. The van der Waals surface area contributed by atoms with Gasteiger partial charge in [0.05, 0.1) is 6.61 Å². The van der Waals surface area contributed by atoms with E-state index >= 15 is 0 Å². The first-order valence-electron chi connectivity index (χ1n) is 4.73. The molecule has 0 aromatic rings. The van der Waals surface area contributed by atoms with Crippen LogP contribution in [0.15, 0.2) is 12.2 Å². The molecule has 1 aliphatic rings. The third-order valence-corrected chi connectivity index (χ3v) is 2.27. The maximum Gasteiger partial charge on any atom is 0.333 e. The quantitative estimate of drug-likeness (QED) is 0.524. The molecule has 1 saturated heterocycles. The number of carbonyl (C=O) groups excluding carboxylic acids is 1. The molecule has 1 atom stereocenters. The molecule has 0 amide bonds. The van der Waals surface area contributed by atoms with E-state index < -0.39 is 0 Å². The molecule has 0 saturated carbocycles. The maximum atomic E-state index is 11.0. The van der Waals surface area contributed by atoms with E-state index in [0.717, 1.165) is 19.5 Å². The fourth-order valence-corrected chi connectivity index (χ4v) is 1.40. The second-order valence-electron chi connectivity index (χ2n) is 3.56. The molecule has 0 aliphatic carbocycles. The standard InChI is InChI=1S/C10H17NO2/c1-8(2)10(12)13-6-4-9-3-5-11-7-9/h9,11H,1,3-7H2,2H3. The molecule has 0 spiro atoms. The molecule has 0 aromatic carbocycles. The summed E-state index contributed by atoms with van der Waals surface area (Å²) in [7, 11) is 0. The number of hydrogen-bond donors (Lipinski definition) is 1. The third kappa shape index (κ3) is 3.59. The van der Waals surface area contributed by atoms with Gasteiger partial charge in [-0.05, 0) is 38.8 Å². The first kappa shape index (κ1) is 10.3. The Hall–Kier alpha value is -0.830. The summed E-state index contributed by atoms with van der Waals surface area (Å²) in [5, 5.41) is 3.28. The molecule has 1 rings (SSSR count). The van der Waals surface area contributed by atoms with Crippen LogP contribution in [-0.2, 0) is 9.53 Å². The largest absolute Gasteiger partial charge is 0.462 e. The van der Waals surface area contributed by atoms with Gasteiger partial charge in [0.15, 0.2) is 0 Å². The van der Waals surface area contributed by atoms with Crippen LogP contribution in [0.3, 0.4) is 0 Å². The SMILES string of the molecule is C=C(C)C(=O)OCCC1CCNC1. The lowest BCUT2D eigenvalue weighted by atomic mass is 10.1. The van der Waals surface area contributed by atoms with Gasteiger partial charge in [-0.2, -0.15) is 0 Å². The van der Waals surface area contributed by atoms with Gasteiger partial charge in [-0.3, -0.25) is 0 Å². The molecule has 1 aliphatic heterocycles. The topological polar surface area (TPSA) is 38.3 Å². The molecule has 3 nitrogen and oxygen atoms in total. The number of esters is 1. The van der Waals surface area contributed by atoms with Gasteiger partial charge in [-0.15, -0.1) is 0 Å². The molecule has 74 valence electrons. The molecular weight excluding hydrogens is 166 g/mol. The lowest BCUT2D eigenvalue weighted by Gasteiger charge is -2.08. The lowest BCUT2D eigenvalue weighted by Crippen LogP contribution is -2.13. The van der Waals surface area contributed by atoms with E-state index in [-0.39, 0.29) is 5.97 Å². The highest BCUT2D eigenvalue weighted by atomic mass is 16.5. The van der Waals surface area contributed by atoms with E-state index in [1.807, 2.05) is 0 Å². The average molecular weight is 183 g/mol. The van der Waals surface area contributed by atoms with E-state index in [1.165, 1.54) is 6.42 Å². The van der Waals surface area contributed by atoms with Crippen molar-refractivity contribution in [3.05, 3.63) is 12.2 Å². The second kappa shape index (κ2) is 5.02. The monoisotopic (exact) mass is 183 g/mol. The fraction of sp³-hybridized carbons (Fsp3) is 0.700. The van der Waals surface area contributed by atoms with Crippen molar-refractivity contribution in [2.24, 2.45) is 5.92 Å². The molecule has 1 heterocycles. The minimum atomic E-state index is -0.272. The summed E-state index contributed by atoms with van der Waals surface area (Å²) in [6, 6.07) is 0. The second-order valence-corrected chi connectivity index (χ2v) is 3.56. The summed E-state index contributed by atoms with van der Waals surface area (Å²) < 4.78 is 5.00. The summed E-state index contributed by atoms with van der Waals surface area (Å²) in [5.41, 5.74) is 0.476. The van der Waals surface area contributed by atoms with E-state index in [4.69, 9.17) is 4.74 Å². The van der Waals surface area contributed by atoms with E-state index in [2.05, 4.69) is 11.9 Å². The molecule has 1 unspecified atom stereocenters. The van der Waals surface area contributed by atoms with Crippen LogP contribution in [0, 0.1) is 5.92 Å². The predicted octanol–water partition coefficient (Wildman–Crippen LogP) is 1.11. The zero-order valence-electron chi connectivity index (χ0n) is 8.14. The first-order chi connectivity index (χ1) is 6.20. The highest BCUT2D eigenvalue weighted by Gasteiger charge is 2.14. The van der Waals surface area contributed by atoms with Gasteiger partial charge in [0.1, 0.15) is 0 Å². The van der Waals surface area contributed by atoms with Gasteiger partial charge >= 0.3 is 5.97 Å². The lowest BCUT2D eigenvalue weighted by molar-refractivity contribution is -0.139. The van der Waals surface area contributed by atoms with Crippen molar-refractivity contribution in [1.82, 2.24) is 5.32 Å². The normalized spacial score (nSPS) is 21.5. The van der Waals surface area contributed by atoms with Crippen LogP contribution in [0.4, 0.5) is 0 Å². The van der Waals surface area contributed by atoms with Gasteiger partial charge in [-0.1, -0.05) is 6.58 Å². The Bertz CT molecular complexity index is 195. The van der Waals surface area contributed by atoms with Gasteiger partial charge in [0, 0.05) is 5.57 Å². The Kier molecular flexibility index (Phi) is 3.96. The molecule has 3 heteroatoms. The summed E-state index contributed by atoms with van der Waals surface area (Å²) in [6.45, 7) is 7.87. The number of ether oxygens (including phenoxy) is 1. The van der Waals surface area contributed by atoms with Crippen LogP contribution in [0.5, 0.6) is 0 Å². The minimum Gasteiger partial charge on any atom is -0.462 e. The zero-order chi connectivity index (χ0) is 9.68. The van der Waals surface area contributed by atoms with Crippen molar-refractivity contribution in [3.8, 4) is 0 Å². The van der Waals surface area contributed by atoms with Crippen molar-refractivity contribution in [2.75, 3.05) is 19.7 Å². The molecule has 0 bridgehead atoms. The van der Waals surface area contributed by atoms with Crippen LogP contribution in [0.25, 0.3) is 0 Å². The van der Waals surface area contributed by atoms with Crippen LogP contribution in [0.2, 0.25) is 0 Å². The zero-order valence-corrected chi connectivity index (χ0v) is 8.14. The number of hydrogen-bond acceptors (Lipinski definition) is 3. The minimum absolute atomic E-state index is 0.272. The van der Waals surface area contributed by atoms with Crippen molar-refractivity contribution >= 4 is 5.97 Å². The molecule has 0 aromatic heterocycles. The Morgan fingerprint density at radius 2 is 2.46 bits per heavy atom. The first-order valence-corrected chi connectivity index (χ1v) is 4.73. The van der Waals surface area contributed by atoms with Gasteiger partial charge in [0.2, 0.25) is 0 Å². The number of rotatable bonds is 4. The summed E-state index contributed by atoms with van der Waals surface area (Å²) in [4.78, 5) is 11.0. The van der Waals surface area contributed by atoms with Gasteiger partial charge < -0.3 is 10.1 Å². The average Bonchev–Trinajstić information content (AvgIpc) is 2.56. The van der Waals surface area contributed by atoms with Gasteiger partial charge in [-0.25, -0.2) is 4.79 Å². The molecule has 13 heavy (non-hydrogen) atoms. The van der Waals surface area contributed by atoms with Crippen LogP contribution >= 0.6 is 0 Å². The number of nitrogens with one attached hydrogen (secondary N) is 1. The van der Waals surface area contributed by atoms with Crippen LogP contribution < -0.4 is 5.32 Å². The van der Waals surface area contributed by atoms with E-state index in [0.29, 0.717) is 18.1 Å². The van der Waals surface area contributed by atoms with Gasteiger partial charge in [0.25, 0.3) is 0 Å². The summed E-state index contributed by atoms with van der Waals surface area (Å²) >= 11 is 0. The van der Waals surface area contributed by atoms with Crippen molar-refractivity contribution in [3.63, 3.8) is 0 Å². The third-order valence-electron chi connectivity index (χ3n) is 2.27. The van der Waals surface area contributed by atoms with E-state index in [9.17, 15) is 4.79 Å². The Morgan fingerprint density at radius 3 is 3.00 bits per heavy atom. The highest BCUT2D eigenvalue weighted by Crippen LogP contribution is 2.11. The van der Waals surface area contributed by atoms with Crippen molar-refractivity contribution < 1.29 is 9.53 Å². The summed E-state index contributed by atoms with van der Waals surface area (Å²) in [6.07, 6.45) is 2.16. The Balaban J connectivity index is 2.06. The Morgan fingerprint density at radius 1 is 1.69 bits per heavy atom. The van der Waals surface area contributed by atoms with Crippen LogP contribution in [0.1, 0.15) is 19.8 Å². The smallest absolute Gasteiger partial charge is 0.333 e. The van der Waals surface area contributed by atoms with Crippen molar-refractivity contribution in [1.29, 1.82) is 0 Å². The molecule has 1 N–H and O–H groups in total. The predicted molar refractivity (Wildman–Crippen MR) is 51.4 cm³/mol. The van der Waals surface area contributed by atoms with Crippen molar-refractivity contribution in [2.45, 2.75) is 19.8 Å².